The zero-order valence-corrected chi connectivity index (χ0v) is 12.2. The zero-order valence-electron chi connectivity index (χ0n) is 11.4. The fraction of sp³-hybridized carbons (Fsp3) is 0.643. The first-order valence-electron chi connectivity index (χ1n) is 6.81. The molecule has 1 saturated carbocycles. The van der Waals surface area contributed by atoms with Crippen LogP contribution in [-0.4, -0.2) is 24.2 Å². The van der Waals surface area contributed by atoms with E-state index in [1.165, 1.54) is 19.8 Å². The molecule has 1 aliphatic rings. The highest BCUT2D eigenvalue weighted by atomic mass is 32.1. The van der Waals surface area contributed by atoms with Gasteiger partial charge in [-0.05, 0) is 24.3 Å². The molecule has 1 fully saturated rings. The molecule has 0 aliphatic heterocycles. The fourth-order valence-electron chi connectivity index (χ4n) is 2.74. The number of anilines is 1. The van der Waals surface area contributed by atoms with Gasteiger partial charge in [0.15, 0.2) is 0 Å². The van der Waals surface area contributed by atoms with Crippen LogP contribution in [0.2, 0.25) is 0 Å². The Bertz CT molecular complexity index is 425. The fourth-order valence-corrected chi connectivity index (χ4v) is 3.54. The molecular weight excluding hydrogens is 260 g/mol. The van der Waals surface area contributed by atoms with Crippen LogP contribution >= 0.6 is 11.3 Å². The van der Waals surface area contributed by atoms with Gasteiger partial charge in [0.1, 0.15) is 0 Å². The molecule has 1 aromatic rings. The van der Waals surface area contributed by atoms with Crippen LogP contribution in [0.15, 0.2) is 11.4 Å². The Hall–Kier alpha value is -0.910. The summed E-state index contributed by atoms with van der Waals surface area (Å²) in [5.41, 5.74) is 0.972. The van der Waals surface area contributed by atoms with E-state index in [9.17, 15) is 9.90 Å². The molecule has 0 aromatic carbocycles. The lowest BCUT2D eigenvalue weighted by atomic mass is 9.87. The van der Waals surface area contributed by atoms with Crippen molar-refractivity contribution < 1.29 is 9.90 Å². The highest BCUT2D eigenvalue weighted by Gasteiger charge is 2.32. The van der Waals surface area contributed by atoms with Gasteiger partial charge in [0.25, 0.3) is 0 Å². The first kappa shape index (κ1) is 14.5. The molecule has 1 aliphatic carbocycles. The molecule has 4 nitrogen and oxygen atoms in total. The van der Waals surface area contributed by atoms with E-state index >= 15 is 0 Å². The van der Waals surface area contributed by atoms with E-state index in [-0.39, 0.29) is 17.9 Å². The highest BCUT2D eigenvalue weighted by molar-refractivity contribution is 7.10. The number of aliphatic hydroxyl groups excluding tert-OH is 1. The Morgan fingerprint density at radius 3 is 2.84 bits per heavy atom. The van der Waals surface area contributed by atoms with Crippen molar-refractivity contribution in [1.82, 2.24) is 5.32 Å². The van der Waals surface area contributed by atoms with E-state index in [4.69, 9.17) is 0 Å². The minimum atomic E-state index is -0.0396. The summed E-state index contributed by atoms with van der Waals surface area (Å²) in [4.78, 5) is 12.2. The van der Waals surface area contributed by atoms with E-state index in [1.807, 2.05) is 11.4 Å². The second-order valence-corrected chi connectivity index (χ2v) is 6.41. The van der Waals surface area contributed by atoms with Gasteiger partial charge in [0.05, 0.1) is 5.69 Å². The number of thiophene rings is 1. The lowest BCUT2D eigenvalue weighted by molar-refractivity contribution is -0.114. The minimum Gasteiger partial charge on any atom is -0.396 e. The molecule has 0 atom stereocenters. The largest absolute Gasteiger partial charge is 0.396 e. The molecule has 5 heteroatoms. The Morgan fingerprint density at radius 1 is 1.47 bits per heavy atom. The predicted molar refractivity (Wildman–Crippen MR) is 78.3 cm³/mol. The summed E-state index contributed by atoms with van der Waals surface area (Å²) in [6, 6.07) is 1.93. The molecule has 1 heterocycles. The van der Waals surface area contributed by atoms with Crippen molar-refractivity contribution in [3.05, 3.63) is 16.3 Å². The van der Waals surface area contributed by atoms with E-state index in [0.717, 1.165) is 36.5 Å². The molecule has 2 rings (SSSR count). The summed E-state index contributed by atoms with van der Waals surface area (Å²) >= 11 is 1.64. The maximum absolute atomic E-state index is 11.1. The summed E-state index contributed by atoms with van der Waals surface area (Å²) < 4.78 is 0. The maximum Gasteiger partial charge on any atom is 0.221 e. The SMILES string of the molecule is CC(=O)Nc1ccsc1CNCC1(CO)CCCC1. The number of hydrogen-bond donors (Lipinski definition) is 3. The number of aliphatic hydroxyl groups is 1. The number of rotatable bonds is 6. The summed E-state index contributed by atoms with van der Waals surface area (Å²) in [7, 11) is 0. The molecule has 0 unspecified atom stereocenters. The number of amides is 1. The Morgan fingerprint density at radius 2 is 2.21 bits per heavy atom. The zero-order chi connectivity index (χ0) is 13.7. The molecular formula is C14H22N2O2S. The second-order valence-electron chi connectivity index (χ2n) is 5.41. The van der Waals surface area contributed by atoms with Gasteiger partial charge in [0, 0.05) is 36.9 Å². The third kappa shape index (κ3) is 3.78. The first-order valence-corrected chi connectivity index (χ1v) is 7.69. The maximum atomic E-state index is 11.1. The summed E-state index contributed by atoms with van der Waals surface area (Å²) in [5, 5.41) is 17.8. The summed E-state index contributed by atoms with van der Waals surface area (Å²) in [6.45, 7) is 3.38. The van der Waals surface area contributed by atoms with Crippen molar-refractivity contribution in [2.45, 2.75) is 39.2 Å². The van der Waals surface area contributed by atoms with Crippen LogP contribution in [-0.2, 0) is 11.3 Å². The van der Waals surface area contributed by atoms with Crippen molar-refractivity contribution >= 4 is 22.9 Å². The molecule has 1 amide bonds. The van der Waals surface area contributed by atoms with Crippen LogP contribution in [0.3, 0.4) is 0 Å². The Balaban J connectivity index is 1.85. The van der Waals surface area contributed by atoms with Crippen LogP contribution in [0.5, 0.6) is 0 Å². The van der Waals surface area contributed by atoms with Gasteiger partial charge in [-0.2, -0.15) is 0 Å². The molecule has 19 heavy (non-hydrogen) atoms. The van der Waals surface area contributed by atoms with Crippen molar-refractivity contribution in [3.8, 4) is 0 Å². The molecule has 3 N–H and O–H groups in total. The molecule has 0 saturated heterocycles. The Labute approximate surface area is 118 Å². The monoisotopic (exact) mass is 282 g/mol. The topological polar surface area (TPSA) is 61.4 Å². The number of carbonyl (C=O) groups is 1. The average molecular weight is 282 g/mol. The van der Waals surface area contributed by atoms with Crippen LogP contribution in [0.25, 0.3) is 0 Å². The first-order chi connectivity index (χ1) is 9.15. The van der Waals surface area contributed by atoms with Gasteiger partial charge in [0.2, 0.25) is 5.91 Å². The van der Waals surface area contributed by atoms with Gasteiger partial charge in [-0.3, -0.25) is 4.79 Å². The number of nitrogens with one attached hydrogen (secondary N) is 2. The van der Waals surface area contributed by atoms with Gasteiger partial charge in [-0.1, -0.05) is 12.8 Å². The third-order valence-corrected chi connectivity index (χ3v) is 4.76. The van der Waals surface area contributed by atoms with Crippen molar-refractivity contribution in [1.29, 1.82) is 0 Å². The van der Waals surface area contributed by atoms with Crippen LogP contribution < -0.4 is 10.6 Å². The van der Waals surface area contributed by atoms with Gasteiger partial charge in [-0.25, -0.2) is 0 Å². The predicted octanol–water partition coefficient (Wildman–Crippen LogP) is 2.35. The third-order valence-electron chi connectivity index (χ3n) is 3.84. The van der Waals surface area contributed by atoms with Crippen molar-refractivity contribution in [2.75, 3.05) is 18.5 Å². The van der Waals surface area contributed by atoms with Crippen LogP contribution in [0.1, 0.15) is 37.5 Å². The minimum absolute atomic E-state index is 0.0396. The van der Waals surface area contributed by atoms with Crippen molar-refractivity contribution in [3.63, 3.8) is 0 Å². The normalized spacial score (nSPS) is 17.6. The lowest BCUT2D eigenvalue weighted by Gasteiger charge is -2.26. The van der Waals surface area contributed by atoms with E-state index in [0.29, 0.717) is 0 Å². The number of hydrogen-bond acceptors (Lipinski definition) is 4. The van der Waals surface area contributed by atoms with E-state index in [1.54, 1.807) is 11.3 Å². The second kappa shape index (κ2) is 6.50. The quantitative estimate of drug-likeness (QED) is 0.750. The molecule has 0 bridgehead atoms. The van der Waals surface area contributed by atoms with E-state index in [2.05, 4.69) is 10.6 Å². The molecule has 0 spiro atoms. The van der Waals surface area contributed by atoms with Crippen LogP contribution in [0, 0.1) is 5.41 Å². The molecule has 0 radical (unpaired) electrons. The summed E-state index contributed by atoms with van der Waals surface area (Å²) in [6.07, 6.45) is 4.66. The number of carbonyl (C=O) groups excluding carboxylic acids is 1. The van der Waals surface area contributed by atoms with Gasteiger partial charge >= 0.3 is 0 Å². The van der Waals surface area contributed by atoms with Crippen molar-refractivity contribution in [2.24, 2.45) is 5.41 Å². The summed E-state index contributed by atoms with van der Waals surface area (Å²) in [5.74, 6) is -0.0396. The van der Waals surface area contributed by atoms with E-state index < -0.39 is 0 Å². The molecule has 106 valence electrons. The Kier molecular flexibility index (Phi) is 4.96. The van der Waals surface area contributed by atoms with Gasteiger partial charge in [-0.15, -0.1) is 11.3 Å². The highest BCUT2D eigenvalue weighted by Crippen LogP contribution is 2.37. The molecule has 1 aromatic heterocycles. The lowest BCUT2D eigenvalue weighted by Crippen LogP contribution is -2.34. The van der Waals surface area contributed by atoms with Gasteiger partial charge < -0.3 is 15.7 Å². The standard InChI is InChI=1S/C14H22N2O2S/c1-11(18)16-12-4-7-19-13(12)8-15-9-14(10-17)5-2-3-6-14/h4,7,15,17H,2-3,5-6,8-10H2,1H3,(H,16,18). The average Bonchev–Trinajstić information content (AvgIpc) is 3.00. The van der Waals surface area contributed by atoms with Crippen LogP contribution in [0.4, 0.5) is 5.69 Å². The smallest absolute Gasteiger partial charge is 0.221 e.